The third-order valence-corrected chi connectivity index (χ3v) is 4.12. The second-order valence-electron chi connectivity index (χ2n) is 6.42. The van der Waals surface area contributed by atoms with E-state index in [-0.39, 0.29) is 5.56 Å². The topological polar surface area (TPSA) is 47.0 Å². The van der Waals surface area contributed by atoms with Crippen molar-refractivity contribution >= 4 is 11.9 Å². The summed E-state index contributed by atoms with van der Waals surface area (Å²) in [6.45, 7) is 7.91. The highest BCUT2D eigenvalue weighted by molar-refractivity contribution is 5.52. The third kappa shape index (κ3) is 6.31. The van der Waals surface area contributed by atoms with E-state index in [4.69, 9.17) is 4.74 Å². The van der Waals surface area contributed by atoms with Gasteiger partial charge in [-0.05, 0) is 30.9 Å². The van der Waals surface area contributed by atoms with Crippen LogP contribution in [0.25, 0.3) is 6.08 Å². The molecule has 1 N–H and O–H groups in total. The van der Waals surface area contributed by atoms with Crippen molar-refractivity contribution in [1.29, 1.82) is 0 Å². The molecule has 0 radical (unpaired) electrons. The summed E-state index contributed by atoms with van der Waals surface area (Å²) in [6, 6.07) is 6.64. The number of halogens is 2. The summed E-state index contributed by atoms with van der Waals surface area (Å²) < 4.78 is 33.2. The first-order chi connectivity index (χ1) is 13.0. The van der Waals surface area contributed by atoms with Gasteiger partial charge >= 0.3 is 0 Å². The minimum Gasteiger partial charge on any atom is -0.488 e. The van der Waals surface area contributed by atoms with Gasteiger partial charge in [-0.1, -0.05) is 44.2 Å². The zero-order valence-corrected chi connectivity index (χ0v) is 16.0. The van der Waals surface area contributed by atoms with Crippen LogP contribution in [-0.2, 0) is 12.3 Å². The number of anilines is 1. The second-order valence-corrected chi connectivity index (χ2v) is 6.42. The fourth-order valence-electron chi connectivity index (χ4n) is 2.71. The van der Waals surface area contributed by atoms with Gasteiger partial charge in [0.15, 0.2) is 17.4 Å². The van der Waals surface area contributed by atoms with E-state index in [1.54, 1.807) is 30.5 Å². The molecule has 0 unspecified atom stereocenters. The van der Waals surface area contributed by atoms with Crippen LogP contribution in [0.15, 0.2) is 37.0 Å². The van der Waals surface area contributed by atoms with Crippen molar-refractivity contribution in [2.75, 3.05) is 18.5 Å². The molecule has 2 rings (SSSR count). The molecule has 1 aromatic heterocycles. The van der Waals surface area contributed by atoms with Crippen LogP contribution < -0.4 is 10.1 Å². The molecule has 4 nitrogen and oxygen atoms in total. The van der Waals surface area contributed by atoms with Crippen LogP contribution in [0.2, 0.25) is 0 Å². The molecule has 0 saturated heterocycles. The molecular weight excluding hydrogens is 348 g/mol. The van der Waals surface area contributed by atoms with Gasteiger partial charge in [0.25, 0.3) is 5.92 Å². The Labute approximate surface area is 159 Å². The van der Waals surface area contributed by atoms with Gasteiger partial charge in [-0.15, -0.1) is 0 Å². The first-order valence-electron chi connectivity index (χ1n) is 9.28. The number of benzene rings is 1. The summed E-state index contributed by atoms with van der Waals surface area (Å²) in [6.07, 6.45) is 6.43. The first kappa shape index (κ1) is 20.8. The Balaban J connectivity index is 1.96. The lowest BCUT2D eigenvalue weighted by Crippen LogP contribution is -2.12. The molecule has 0 bridgehead atoms. The summed E-state index contributed by atoms with van der Waals surface area (Å²) in [4.78, 5) is 8.56. The highest BCUT2D eigenvalue weighted by Crippen LogP contribution is 2.30. The fraction of sp³-hybridized carbons (Fsp3) is 0.429. The largest absolute Gasteiger partial charge is 0.488 e. The van der Waals surface area contributed by atoms with Crippen LogP contribution in [-0.4, -0.2) is 23.1 Å². The summed E-state index contributed by atoms with van der Waals surface area (Å²) in [5, 5.41) is 3.25. The van der Waals surface area contributed by atoms with E-state index in [9.17, 15) is 8.78 Å². The SMILES string of the molecule is C=Cc1ncc(OCCCc2ccccc2C(C)(F)F)c(NCCCC)n1. The lowest BCUT2D eigenvalue weighted by molar-refractivity contribution is 0.0165. The van der Waals surface area contributed by atoms with Crippen molar-refractivity contribution in [2.45, 2.75) is 45.5 Å². The number of aromatic nitrogens is 2. The molecule has 2 aromatic rings. The van der Waals surface area contributed by atoms with E-state index in [0.717, 1.165) is 26.3 Å². The van der Waals surface area contributed by atoms with Crippen LogP contribution in [0.1, 0.15) is 50.1 Å². The van der Waals surface area contributed by atoms with Gasteiger partial charge in [-0.3, -0.25) is 0 Å². The van der Waals surface area contributed by atoms with E-state index in [1.165, 1.54) is 6.07 Å². The highest BCUT2D eigenvalue weighted by atomic mass is 19.3. The predicted molar refractivity (Wildman–Crippen MR) is 105 cm³/mol. The van der Waals surface area contributed by atoms with Crippen LogP contribution in [0, 0.1) is 0 Å². The number of nitrogens with one attached hydrogen (secondary N) is 1. The molecule has 0 amide bonds. The Morgan fingerprint density at radius 1 is 1.26 bits per heavy atom. The predicted octanol–water partition coefficient (Wildman–Crippen LogP) is 5.45. The van der Waals surface area contributed by atoms with E-state index in [2.05, 4.69) is 28.8 Å². The van der Waals surface area contributed by atoms with Gasteiger partial charge in [-0.2, -0.15) is 0 Å². The first-order valence-corrected chi connectivity index (χ1v) is 9.28. The van der Waals surface area contributed by atoms with Crippen LogP contribution in [0.4, 0.5) is 14.6 Å². The summed E-state index contributed by atoms with van der Waals surface area (Å²) in [7, 11) is 0. The maximum absolute atomic E-state index is 13.7. The number of alkyl halides is 2. The molecule has 1 heterocycles. The van der Waals surface area contributed by atoms with Gasteiger partial charge in [0, 0.05) is 19.0 Å². The van der Waals surface area contributed by atoms with Crippen LogP contribution in [0.5, 0.6) is 5.75 Å². The smallest absolute Gasteiger partial charge is 0.270 e. The summed E-state index contributed by atoms with van der Waals surface area (Å²) in [5.74, 6) is -1.12. The number of ether oxygens (including phenoxy) is 1. The number of aryl methyl sites for hydroxylation is 1. The van der Waals surface area contributed by atoms with E-state index >= 15 is 0 Å². The van der Waals surface area contributed by atoms with Crippen molar-refractivity contribution in [3.8, 4) is 5.75 Å². The molecule has 0 fully saturated rings. The quantitative estimate of drug-likeness (QED) is 0.530. The maximum atomic E-state index is 13.7. The fourth-order valence-corrected chi connectivity index (χ4v) is 2.71. The second kappa shape index (κ2) is 10.00. The zero-order chi connectivity index (χ0) is 19.7. The van der Waals surface area contributed by atoms with E-state index in [0.29, 0.717) is 42.4 Å². The number of hydrogen-bond acceptors (Lipinski definition) is 4. The van der Waals surface area contributed by atoms with Crippen molar-refractivity contribution in [3.63, 3.8) is 0 Å². The average molecular weight is 375 g/mol. The minimum atomic E-state index is -2.85. The van der Waals surface area contributed by atoms with Gasteiger partial charge in [0.2, 0.25) is 0 Å². The molecular formula is C21H27F2N3O. The van der Waals surface area contributed by atoms with Gasteiger partial charge in [-0.25, -0.2) is 18.7 Å². The molecule has 0 aliphatic carbocycles. The molecule has 0 atom stereocenters. The number of rotatable bonds is 11. The average Bonchev–Trinajstić information content (AvgIpc) is 2.65. The normalized spacial score (nSPS) is 11.3. The van der Waals surface area contributed by atoms with Crippen molar-refractivity contribution in [2.24, 2.45) is 0 Å². The lowest BCUT2D eigenvalue weighted by Gasteiger charge is -2.16. The molecule has 146 valence electrons. The van der Waals surface area contributed by atoms with Crippen molar-refractivity contribution < 1.29 is 13.5 Å². The molecule has 0 aliphatic heterocycles. The van der Waals surface area contributed by atoms with Gasteiger partial charge in [0.05, 0.1) is 12.8 Å². The van der Waals surface area contributed by atoms with E-state index < -0.39 is 5.92 Å². The Bertz CT molecular complexity index is 744. The van der Waals surface area contributed by atoms with Crippen LogP contribution >= 0.6 is 0 Å². The van der Waals surface area contributed by atoms with Crippen molar-refractivity contribution in [1.82, 2.24) is 9.97 Å². The molecule has 0 spiro atoms. The number of hydrogen-bond donors (Lipinski definition) is 1. The molecule has 6 heteroatoms. The lowest BCUT2D eigenvalue weighted by atomic mass is 9.99. The van der Waals surface area contributed by atoms with Gasteiger partial charge in [0.1, 0.15) is 0 Å². The molecule has 27 heavy (non-hydrogen) atoms. The van der Waals surface area contributed by atoms with Crippen LogP contribution in [0.3, 0.4) is 0 Å². The molecule has 1 aromatic carbocycles. The molecule has 0 aliphatic rings. The van der Waals surface area contributed by atoms with Crippen molar-refractivity contribution in [3.05, 3.63) is 54.0 Å². The van der Waals surface area contributed by atoms with Gasteiger partial charge < -0.3 is 10.1 Å². The number of unbranched alkanes of at least 4 members (excludes halogenated alkanes) is 1. The Morgan fingerprint density at radius 2 is 2.04 bits per heavy atom. The Morgan fingerprint density at radius 3 is 2.74 bits per heavy atom. The minimum absolute atomic E-state index is 0.0746. The highest BCUT2D eigenvalue weighted by Gasteiger charge is 2.26. The Hall–Kier alpha value is -2.50. The maximum Gasteiger partial charge on any atom is 0.270 e. The van der Waals surface area contributed by atoms with E-state index in [1.807, 2.05) is 0 Å². The number of nitrogens with zero attached hydrogens (tertiary/aromatic N) is 2. The summed E-state index contributed by atoms with van der Waals surface area (Å²) >= 11 is 0. The zero-order valence-electron chi connectivity index (χ0n) is 16.0. The monoisotopic (exact) mass is 375 g/mol. The molecule has 0 saturated carbocycles. The third-order valence-electron chi connectivity index (χ3n) is 4.12. The Kier molecular flexibility index (Phi) is 7.70. The summed E-state index contributed by atoms with van der Waals surface area (Å²) in [5.41, 5.74) is 0.721. The standard InChI is InChI=1S/C21H27F2N3O/c1-4-6-13-24-20-18(15-25-19(5-2)26-20)27-14-9-11-16-10-7-8-12-17(16)21(3,22)23/h5,7-8,10,12,15H,2,4,6,9,11,13-14H2,1,3H3,(H,24,25,26).